The number of nitrogen functional groups attached to an aromatic ring is 1. The fourth-order valence-corrected chi connectivity index (χ4v) is 2.53. The molecule has 0 radical (unpaired) electrons. The second-order valence-electron chi connectivity index (χ2n) is 4.17. The monoisotopic (exact) mass is 327 g/mol. The molecule has 0 aliphatic heterocycles. The van der Waals surface area contributed by atoms with Crippen LogP contribution in [0.25, 0.3) is 11.3 Å². The van der Waals surface area contributed by atoms with Gasteiger partial charge in [-0.25, -0.2) is 4.98 Å². The lowest BCUT2D eigenvalue weighted by atomic mass is 10.1. The van der Waals surface area contributed by atoms with E-state index in [1.807, 2.05) is 29.7 Å². The molecule has 3 nitrogen and oxygen atoms in total. The van der Waals surface area contributed by atoms with Crippen LogP contribution in [0.4, 0.5) is 5.82 Å². The van der Waals surface area contributed by atoms with Crippen molar-refractivity contribution in [3.63, 3.8) is 0 Å². The van der Waals surface area contributed by atoms with E-state index in [-0.39, 0.29) is 0 Å². The van der Waals surface area contributed by atoms with Crippen LogP contribution in [0, 0.1) is 6.92 Å². The van der Waals surface area contributed by atoms with Gasteiger partial charge >= 0.3 is 0 Å². The zero-order valence-electron chi connectivity index (χ0n) is 10.4. The molecule has 0 bridgehead atoms. The molecule has 1 aromatic heterocycles. The van der Waals surface area contributed by atoms with Crippen molar-refractivity contribution < 1.29 is 0 Å². The summed E-state index contributed by atoms with van der Waals surface area (Å²) in [5.74, 6) is 1.59. The largest absolute Gasteiger partial charge is 0.383 e. The molecule has 0 amide bonds. The van der Waals surface area contributed by atoms with Crippen molar-refractivity contribution in [2.45, 2.75) is 26.8 Å². The SMILES string of the molecule is CCCn1c(C)nc(-c2cc(Br)ccc2Cl)c1N. The molecule has 0 saturated heterocycles. The Balaban J connectivity index is 2.57. The Morgan fingerprint density at radius 2 is 2.17 bits per heavy atom. The first-order chi connectivity index (χ1) is 8.54. The highest BCUT2D eigenvalue weighted by molar-refractivity contribution is 9.10. The van der Waals surface area contributed by atoms with Crippen molar-refractivity contribution in [1.82, 2.24) is 9.55 Å². The van der Waals surface area contributed by atoms with Gasteiger partial charge in [0.1, 0.15) is 17.3 Å². The van der Waals surface area contributed by atoms with Crippen molar-refractivity contribution in [1.29, 1.82) is 0 Å². The number of halogens is 2. The van der Waals surface area contributed by atoms with Crippen LogP contribution in [-0.4, -0.2) is 9.55 Å². The van der Waals surface area contributed by atoms with E-state index >= 15 is 0 Å². The minimum atomic E-state index is 0.658. The lowest BCUT2D eigenvalue weighted by Crippen LogP contribution is -2.04. The molecule has 0 unspecified atom stereocenters. The highest BCUT2D eigenvalue weighted by Gasteiger charge is 2.15. The summed E-state index contributed by atoms with van der Waals surface area (Å²) in [6.45, 7) is 4.95. The number of nitrogens with two attached hydrogens (primary N) is 1. The molecule has 0 aliphatic carbocycles. The summed E-state index contributed by atoms with van der Waals surface area (Å²) in [5, 5.41) is 0.658. The van der Waals surface area contributed by atoms with Gasteiger partial charge in [-0.05, 0) is 31.5 Å². The molecule has 0 fully saturated rings. The molecule has 0 atom stereocenters. The molecule has 5 heteroatoms. The standard InChI is InChI=1S/C13H15BrClN3/c1-3-6-18-8(2)17-12(13(18)16)10-7-9(14)4-5-11(10)15/h4-5,7H,3,6,16H2,1-2H3. The minimum absolute atomic E-state index is 0.658. The normalized spacial score (nSPS) is 10.9. The van der Waals surface area contributed by atoms with Crippen LogP contribution in [0.3, 0.4) is 0 Å². The molecule has 0 spiro atoms. The Bertz CT molecular complexity index is 578. The van der Waals surface area contributed by atoms with Crippen LogP contribution >= 0.6 is 27.5 Å². The van der Waals surface area contributed by atoms with Gasteiger partial charge in [-0.2, -0.15) is 0 Å². The summed E-state index contributed by atoms with van der Waals surface area (Å²) >= 11 is 9.66. The molecule has 1 aromatic carbocycles. The number of nitrogens with zero attached hydrogens (tertiary/aromatic N) is 2. The summed E-state index contributed by atoms with van der Waals surface area (Å²) in [6, 6.07) is 5.68. The Hall–Kier alpha value is -1.00. The minimum Gasteiger partial charge on any atom is -0.383 e. The molecule has 2 N–H and O–H groups in total. The maximum atomic E-state index is 6.22. The first-order valence-electron chi connectivity index (χ1n) is 5.82. The third-order valence-corrected chi connectivity index (χ3v) is 3.65. The average Bonchev–Trinajstić information content (AvgIpc) is 2.61. The van der Waals surface area contributed by atoms with Gasteiger partial charge in [-0.1, -0.05) is 34.5 Å². The first-order valence-corrected chi connectivity index (χ1v) is 6.99. The molecule has 0 saturated carbocycles. The number of hydrogen-bond donors (Lipinski definition) is 1. The summed E-state index contributed by atoms with van der Waals surface area (Å²) in [4.78, 5) is 4.53. The van der Waals surface area contributed by atoms with Crippen LogP contribution in [0.5, 0.6) is 0 Å². The van der Waals surface area contributed by atoms with E-state index in [0.29, 0.717) is 10.8 Å². The number of hydrogen-bond acceptors (Lipinski definition) is 2. The maximum absolute atomic E-state index is 6.22. The van der Waals surface area contributed by atoms with Crippen molar-refractivity contribution >= 4 is 33.3 Å². The lowest BCUT2D eigenvalue weighted by molar-refractivity contribution is 0.665. The summed E-state index contributed by atoms with van der Waals surface area (Å²) in [6.07, 6.45) is 1.02. The topological polar surface area (TPSA) is 43.8 Å². The van der Waals surface area contributed by atoms with Gasteiger partial charge in [0.25, 0.3) is 0 Å². The van der Waals surface area contributed by atoms with E-state index < -0.39 is 0 Å². The predicted molar refractivity (Wildman–Crippen MR) is 79.8 cm³/mol. The highest BCUT2D eigenvalue weighted by atomic mass is 79.9. The number of aromatic nitrogens is 2. The smallest absolute Gasteiger partial charge is 0.131 e. The molecule has 2 aromatic rings. The molecule has 1 heterocycles. The molecular formula is C13H15BrClN3. The van der Waals surface area contributed by atoms with Crippen LogP contribution < -0.4 is 5.73 Å². The molecule has 96 valence electrons. The number of anilines is 1. The maximum Gasteiger partial charge on any atom is 0.131 e. The van der Waals surface area contributed by atoms with Crippen molar-refractivity contribution in [2.24, 2.45) is 0 Å². The van der Waals surface area contributed by atoms with Gasteiger partial charge in [-0.15, -0.1) is 0 Å². The van der Waals surface area contributed by atoms with Crippen molar-refractivity contribution in [2.75, 3.05) is 5.73 Å². The Morgan fingerprint density at radius 3 is 2.83 bits per heavy atom. The molecule has 2 rings (SSSR count). The van der Waals surface area contributed by atoms with Gasteiger partial charge in [-0.3, -0.25) is 0 Å². The number of benzene rings is 1. The Kier molecular flexibility index (Phi) is 3.97. The van der Waals surface area contributed by atoms with Crippen LogP contribution in [0.2, 0.25) is 5.02 Å². The van der Waals surface area contributed by atoms with E-state index in [1.165, 1.54) is 0 Å². The third kappa shape index (κ3) is 2.40. The fourth-order valence-electron chi connectivity index (χ4n) is 1.96. The van der Waals surface area contributed by atoms with E-state index in [0.717, 1.165) is 34.5 Å². The molecule has 18 heavy (non-hydrogen) atoms. The van der Waals surface area contributed by atoms with Crippen LogP contribution in [-0.2, 0) is 6.54 Å². The number of rotatable bonds is 3. The number of aryl methyl sites for hydroxylation is 1. The first kappa shape index (κ1) is 13.4. The Labute approximate surface area is 120 Å². The van der Waals surface area contributed by atoms with Gasteiger partial charge in [0.15, 0.2) is 0 Å². The summed E-state index contributed by atoms with van der Waals surface area (Å²) in [7, 11) is 0. The summed E-state index contributed by atoms with van der Waals surface area (Å²) < 4.78 is 2.98. The van der Waals surface area contributed by atoms with Crippen LogP contribution in [0.1, 0.15) is 19.2 Å². The van der Waals surface area contributed by atoms with E-state index in [2.05, 4.69) is 27.8 Å². The zero-order chi connectivity index (χ0) is 13.3. The third-order valence-electron chi connectivity index (χ3n) is 2.83. The lowest BCUT2D eigenvalue weighted by Gasteiger charge is -2.06. The number of imidazole rings is 1. The van der Waals surface area contributed by atoms with Gasteiger partial charge in [0.2, 0.25) is 0 Å². The van der Waals surface area contributed by atoms with Crippen molar-refractivity contribution in [3.05, 3.63) is 33.5 Å². The molecular weight excluding hydrogens is 314 g/mol. The predicted octanol–water partition coefficient (Wildman–Crippen LogP) is 4.27. The quantitative estimate of drug-likeness (QED) is 0.914. The van der Waals surface area contributed by atoms with E-state index in [1.54, 1.807) is 0 Å². The van der Waals surface area contributed by atoms with Gasteiger partial charge < -0.3 is 10.3 Å². The van der Waals surface area contributed by atoms with Gasteiger partial charge in [0, 0.05) is 16.6 Å². The van der Waals surface area contributed by atoms with E-state index in [9.17, 15) is 0 Å². The highest BCUT2D eigenvalue weighted by Crippen LogP contribution is 2.34. The van der Waals surface area contributed by atoms with Crippen LogP contribution in [0.15, 0.2) is 22.7 Å². The van der Waals surface area contributed by atoms with Gasteiger partial charge in [0.05, 0.1) is 5.02 Å². The molecule has 0 aliphatic rings. The zero-order valence-corrected chi connectivity index (χ0v) is 12.7. The van der Waals surface area contributed by atoms with E-state index in [4.69, 9.17) is 17.3 Å². The van der Waals surface area contributed by atoms with Crippen molar-refractivity contribution in [3.8, 4) is 11.3 Å². The fraction of sp³-hybridized carbons (Fsp3) is 0.308. The second-order valence-corrected chi connectivity index (χ2v) is 5.49. The Morgan fingerprint density at radius 1 is 1.44 bits per heavy atom. The summed E-state index contributed by atoms with van der Waals surface area (Å²) in [5.41, 5.74) is 7.79. The second kappa shape index (κ2) is 5.33. The average molecular weight is 329 g/mol.